The van der Waals surface area contributed by atoms with Gasteiger partial charge in [-0.25, -0.2) is 4.79 Å². The lowest BCUT2D eigenvalue weighted by molar-refractivity contribution is -0.138. The summed E-state index contributed by atoms with van der Waals surface area (Å²) >= 11 is 1.60. The summed E-state index contributed by atoms with van der Waals surface area (Å²) in [6.45, 7) is 6.23. The van der Waals surface area contributed by atoms with Crippen LogP contribution in [0.3, 0.4) is 0 Å². The largest absolute Gasteiger partial charge is 0.463 e. The maximum Gasteiger partial charge on any atom is 0.335 e. The van der Waals surface area contributed by atoms with Gasteiger partial charge in [0, 0.05) is 23.2 Å². The molecule has 0 amide bonds. The van der Waals surface area contributed by atoms with Gasteiger partial charge in [0.15, 0.2) is 0 Å². The van der Waals surface area contributed by atoms with Crippen molar-refractivity contribution < 1.29 is 9.53 Å². The van der Waals surface area contributed by atoms with Crippen LogP contribution in [-0.2, 0) is 9.53 Å². The van der Waals surface area contributed by atoms with Crippen molar-refractivity contribution in [1.82, 2.24) is 0 Å². The van der Waals surface area contributed by atoms with Crippen molar-refractivity contribution in [3.05, 3.63) is 29.0 Å². The minimum absolute atomic E-state index is 0.338. The van der Waals surface area contributed by atoms with E-state index in [9.17, 15) is 4.79 Å². The number of anilines is 1. The highest BCUT2D eigenvalue weighted by molar-refractivity contribution is 7.08. The Balaban J connectivity index is 2.31. The van der Waals surface area contributed by atoms with Crippen molar-refractivity contribution in [3.63, 3.8) is 0 Å². The molecule has 1 heterocycles. The minimum Gasteiger partial charge on any atom is -0.463 e. The molecule has 3 nitrogen and oxygen atoms in total. The number of nitrogens with one attached hydrogen (secondary N) is 1. The van der Waals surface area contributed by atoms with E-state index in [4.69, 9.17) is 4.74 Å². The summed E-state index contributed by atoms with van der Waals surface area (Å²) in [5.74, 6) is -0.338. The topological polar surface area (TPSA) is 38.3 Å². The fourth-order valence-electron chi connectivity index (χ4n) is 0.879. The number of ether oxygens (including phenoxy) is 1. The molecule has 1 rings (SSSR count). The van der Waals surface area contributed by atoms with E-state index < -0.39 is 0 Å². The molecule has 0 aromatic carbocycles. The summed E-state index contributed by atoms with van der Waals surface area (Å²) in [6, 6.07) is 1.95. The molecule has 0 saturated carbocycles. The number of carbonyl (C=O) groups excluding carboxylic acids is 1. The molecule has 0 aliphatic carbocycles. The molecule has 0 atom stereocenters. The van der Waals surface area contributed by atoms with Crippen LogP contribution in [-0.4, -0.2) is 19.1 Å². The van der Waals surface area contributed by atoms with Gasteiger partial charge in [0.2, 0.25) is 0 Å². The molecule has 1 aromatic rings. The molecular formula is C10H13NO2S. The van der Waals surface area contributed by atoms with E-state index in [1.807, 2.05) is 16.8 Å². The molecule has 76 valence electrons. The first-order chi connectivity index (χ1) is 6.74. The highest BCUT2D eigenvalue weighted by Crippen LogP contribution is 2.12. The first-order valence-corrected chi connectivity index (χ1v) is 5.29. The highest BCUT2D eigenvalue weighted by Gasteiger charge is 2.06. The van der Waals surface area contributed by atoms with E-state index in [1.54, 1.807) is 18.3 Å². The molecule has 4 heteroatoms. The Kier molecular flexibility index (Phi) is 4.19. The van der Waals surface area contributed by atoms with Gasteiger partial charge in [-0.15, -0.1) is 0 Å². The second-order valence-corrected chi connectivity index (χ2v) is 3.47. The minimum atomic E-state index is -0.338. The smallest absolute Gasteiger partial charge is 0.335 e. The van der Waals surface area contributed by atoms with E-state index in [1.165, 1.54) is 0 Å². The van der Waals surface area contributed by atoms with Crippen LogP contribution in [0.5, 0.6) is 0 Å². The van der Waals surface area contributed by atoms with Crippen molar-refractivity contribution >= 4 is 23.0 Å². The predicted molar refractivity (Wildman–Crippen MR) is 58.6 cm³/mol. The summed E-state index contributed by atoms with van der Waals surface area (Å²) in [7, 11) is 0. The van der Waals surface area contributed by atoms with Crippen LogP contribution in [0.2, 0.25) is 0 Å². The normalized spacial score (nSPS) is 9.50. The van der Waals surface area contributed by atoms with E-state index in [0.29, 0.717) is 18.7 Å². The second-order valence-electron chi connectivity index (χ2n) is 2.69. The molecule has 0 spiro atoms. The molecule has 0 fully saturated rings. The SMILES string of the molecule is C=C(CNc1ccsc1)C(=O)OCC. The Hall–Kier alpha value is -1.29. The van der Waals surface area contributed by atoms with Gasteiger partial charge in [0.1, 0.15) is 0 Å². The summed E-state index contributed by atoms with van der Waals surface area (Å²) in [4.78, 5) is 11.1. The average Bonchev–Trinajstić information content (AvgIpc) is 2.67. The fraction of sp³-hybridized carbons (Fsp3) is 0.300. The monoisotopic (exact) mass is 211 g/mol. The average molecular weight is 211 g/mol. The molecule has 0 radical (unpaired) electrons. The molecule has 14 heavy (non-hydrogen) atoms. The maximum atomic E-state index is 11.1. The van der Waals surface area contributed by atoms with E-state index in [0.717, 1.165) is 5.69 Å². The first kappa shape index (κ1) is 10.8. The number of carbonyl (C=O) groups is 1. The van der Waals surface area contributed by atoms with Crippen molar-refractivity contribution in [3.8, 4) is 0 Å². The van der Waals surface area contributed by atoms with Crippen LogP contribution in [0.15, 0.2) is 29.0 Å². The summed E-state index contributed by atoms with van der Waals surface area (Å²) in [6.07, 6.45) is 0. The Morgan fingerprint density at radius 1 is 1.71 bits per heavy atom. The third kappa shape index (κ3) is 3.22. The van der Waals surface area contributed by atoms with Crippen LogP contribution in [0.4, 0.5) is 5.69 Å². The van der Waals surface area contributed by atoms with Crippen molar-refractivity contribution in [2.45, 2.75) is 6.92 Å². The van der Waals surface area contributed by atoms with E-state index >= 15 is 0 Å². The number of hydrogen-bond donors (Lipinski definition) is 1. The molecular weight excluding hydrogens is 198 g/mol. The molecule has 1 aromatic heterocycles. The van der Waals surface area contributed by atoms with Crippen LogP contribution in [0.25, 0.3) is 0 Å². The standard InChI is InChI=1S/C10H13NO2S/c1-3-13-10(12)8(2)6-11-9-4-5-14-7-9/h4-5,7,11H,2-3,6H2,1H3. The van der Waals surface area contributed by atoms with Gasteiger partial charge in [-0.2, -0.15) is 11.3 Å². The predicted octanol–water partition coefficient (Wildman–Crippen LogP) is 2.28. The molecule has 0 aliphatic heterocycles. The van der Waals surface area contributed by atoms with Gasteiger partial charge in [0.05, 0.1) is 6.61 Å². The lowest BCUT2D eigenvalue weighted by Crippen LogP contribution is -2.14. The molecule has 0 aliphatic rings. The molecule has 0 unspecified atom stereocenters. The van der Waals surface area contributed by atoms with Gasteiger partial charge in [-0.3, -0.25) is 0 Å². The third-order valence-electron chi connectivity index (χ3n) is 1.59. The fourth-order valence-corrected chi connectivity index (χ4v) is 1.49. The Morgan fingerprint density at radius 2 is 2.50 bits per heavy atom. The van der Waals surface area contributed by atoms with Gasteiger partial charge >= 0.3 is 5.97 Å². The Labute approximate surface area is 87.4 Å². The lowest BCUT2D eigenvalue weighted by Gasteiger charge is -2.06. The number of rotatable bonds is 5. The zero-order chi connectivity index (χ0) is 10.4. The zero-order valence-corrected chi connectivity index (χ0v) is 8.89. The van der Waals surface area contributed by atoms with Crippen LogP contribution < -0.4 is 5.32 Å². The van der Waals surface area contributed by atoms with Gasteiger partial charge < -0.3 is 10.1 Å². The summed E-state index contributed by atoms with van der Waals surface area (Å²) < 4.78 is 4.80. The first-order valence-electron chi connectivity index (χ1n) is 4.35. The second kappa shape index (κ2) is 5.44. The van der Waals surface area contributed by atoms with Gasteiger partial charge in [0.25, 0.3) is 0 Å². The van der Waals surface area contributed by atoms with Gasteiger partial charge in [-0.1, -0.05) is 6.58 Å². The van der Waals surface area contributed by atoms with Crippen molar-refractivity contribution in [1.29, 1.82) is 0 Å². The Morgan fingerprint density at radius 3 is 3.07 bits per heavy atom. The van der Waals surface area contributed by atoms with Crippen LogP contribution in [0, 0.1) is 0 Å². The van der Waals surface area contributed by atoms with Crippen LogP contribution >= 0.6 is 11.3 Å². The van der Waals surface area contributed by atoms with Crippen LogP contribution in [0.1, 0.15) is 6.92 Å². The number of esters is 1. The zero-order valence-electron chi connectivity index (χ0n) is 8.08. The quantitative estimate of drug-likeness (QED) is 0.600. The van der Waals surface area contributed by atoms with Crippen molar-refractivity contribution in [2.24, 2.45) is 0 Å². The van der Waals surface area contributed by atoms with E-state index in [-0.39, 0.29) is 5.97 Å². The van der Waals surface area contributed by atoms with Crippen molar-refractivity contribution in [2.75, 3.05) is 18.5 Å². The number of thiophene rings is 1. The highest BCUT2D eigenvalue weighted by atomic mass is 32.1. The maximum absolute atomic E-state index is 11.1. The molecule has 0 bridgehead atoms. The molecule has 1 N–H and O–H groups in total. The summed E-state index contributed by atoms with van der Waals surface area (Å²) in [5, 5.41) is 7.01. The third-order valence-corrected chi connectivity index (χ3v) is 2.27. The number of hydrogen-bond acceptors (Lipinski definition) is 4. The molecule has 0 saturated heterocycles. The lowest BCUT2D eigenvalue weighted by atomic mass is 10.3. The summed E-state index contributed by atoms with van der Waals surface area (Å²) in [5.41, 5.74) is 1.44. The Bertz CT molecular complexity index is 306. The van der Waals surface area contributed by atoms with Gasteiger partial charge in [-0.05, 0) is 18.4 Å². The van der Waals surface area contributed by atoms with E-state index in [2.05, 4.69) is 11.9 Å².